The van der Waals surface area contributed by atoms with Gasteiger partial charge in [0, 0.05) is 23.3 Å². The maximum absolute atomic E-state index is 12.2. The number of aromatic nitrogens is 2. The molecule has 0 atom stereocenters. The lowest BCUT2D eigenvalue weighted by molar-refractivity contribution is -0.384. The molecule has 0 aliphatic heterocycles. The first kappa shape index (κ1) is 15.2. The molecule has 0 aliphatic carbocycles. The third kappa shape index (κ3) is 3.27. The molecule has 1 amide bonds. The van der Waals surface area contributed by atoms with Gasteiger partial charge in [-0.1, -0.05) is 0 Å². The van der Waals surface area contributed by atoms with Gasteiger partial charge in [0.25, 0.3) is 11.6 Å². The Morgan fingerprint density at radius 1 is 1.52 bits per heavy atom. The largest absolute Gasteiger partial charge is 0.337 e. The molecule has 0 bridgehead atoms. The van der Waals surface area contributed by atoms with E-state index in [1.807, 2.05) is 13.8 Å². The number of aryl methyl sites for hydroxylation is 2. The van der Waals surface area contributed by atoms with Crippen LogP contribution in [-0.2, 0) is 6.54 Å². The van der Waals surface area contributed by atoms with E-state index in [2.05, 4.69) is 26.2 Å². The van der Waals surface area contributed by atoms with Crippen molar-refractivity contribution in [2.45, 2.75) is 20.4 Å². The van der Waals surface area contributed by atoms with E-state index in [9.17, 15) is 14.9 Å². The second kappa shape index (κ2) is 6.04. The Bertz CT molecular complexity index is 711. The highest BCUT2D eigenvalue weighted by molar-refractivity contribution is 9.10. The fourth-order valence-electron chi connectivity index (χ4n) is 1.83. The van der Waals surface area contributed by atoms with Crippen molar-refractivity contribution in [3.05, 3.63) is 50.4 Å². The minimum absolute atomic E-state index is 0.109. The first-order chi connectivity index (χ1) is 9.92. The third-order valence-corrected chi connectivity index (χ3v) is 3.78. The number of nitro groups is 1. The molecule has 2 heterocycles. The summed E-state index contributed by atoms with van der Waals surface area (Å²) in [6.45, 7) is 4.15. The molecule has 0 spiro atoms. The summed E-state index contributed by atoms with van der Waals surface area (Å²) in [5.74, 6) is -0.0358. The molecule has 2 rings (SSSR count). The van der Waals surface area contributed by atoms with E-state index in [1.54, 1.807) is 12.3 Å². The summed E-state index contributed by atoms with van der Waals surface area (Å²) >= 11 is 3.33. The second-order valence-corrected chi connectivity index (χ2v) is 5.25. The van der Waals surface area contributed by atoms with Gasteiger partial charge >= 0.3 is 0 Å². The van der Waals surface area contributed by atoms with Gasteiger partial charge in [-0.3, -0.25) is 14.9 Å². The van der Waals surface area contributed by atoms with Crippen molar-refractivity contribution >= 4 is 33.3 Å². The molecule has 1 N–H and O–H groups in total. The average Bonchev–Trinajstić information content (AvgIpc) is 2.87. The molecule has 0 radical (unpaired) electrons. The number of hydrogen-bond donors (Lipinski definition) is 1. The molecule has 0 unspecified atom stereocenters. The van der Waals surface area contributed by atoms with Gasteiger partial charge in [-0.15, -0.1) is 0 Å². The normalized spacial score (nSPS) is 10.4. The smallest absolute Gasteiger partial charge is 0.287 e. The van der Waals surface area contributed by atoms with Gasteiger partial charge in [-0.05, 0) is 41.4 Å². The van der Waals surface area contributed by atoms with Crippen molar-refractivity contribution in [2.75, 3.05) is 5.32 Å². The van der Waals surface area contributed by atoms with Crippen molar-refractivity contribution in [1.82, 2.24) is 9.55 Å². The van der Waals surface area contributed by atoms with Crippen LogP contribution in [0.3, 0.4) is 0 Å². The number of carbonyl (C=O) groups excluding carboxylic acids is 1. The summed E-state index contributed by atoms with van der Waals surface area (Å²) in [7, 11) is 0. The van der Waals surface area contributed by atoms with Crippen LogP contribution in [0.5, 0.6) is 0 Å². The average molecular weight is 353 g/mol. The highest BCUT2D eigenvalue weighted by Crippen LogP contribution is 2.20. The molecule has 0 fully saturated rings. The molecule has 21 heavy (non-hydrogen) atoms. The van der Waals surface area contributed by atoms with Crippen molar-refractivity contribution < 1.29 is 9.72 Å². The van der Waals surface area contributed by atoms with Crippen molar-refractivity contribution in [1.29, 1.82) is 0 Å². The van der Waals surface area contributed by atoms with E-state index < -0.39 is 10.8 Å². The Morgan fingerprint density at radius 2 is 2.24 bits per heavy atom. The molecule has 0 aliphatic rings. The number of nitrogens with zero attached hydrogens (tertiary/aromatic N) is 3. The van der Waals surface area contributed by atoms with Crippen molar-refractivity contribution in [2.24, 2.45) is 0 Å². The summed E-state index contributed by atoms with van der Waals surface area (Å²) in [5.41, 5.74) is 1.05. The number of halogens is 1. The van der Waals surface area contributed by atoms with Crippen LogP contribution in [0.4, 0.5) is 11.5 Å². The number of rotatable bonds is 4. The highest BCUT2D eigenvalue weighted by Gasteiger charge is 2.19. The summed E-state index contributed by atoms with van der Waals surface area (Å²) in [6.07, 6.45) is 2.93. The number of hydrogen-bond acceptors (Lipinski definition) is 4. The molecule has 0 saturated heterocycles. The van der Waals surface area contributed by atoms with Crippen molar-refractivity contribution in [3.8, 4) is 0 Å². The lowest BCUT2D eigenvalue weighted by atomic mass is 10.3. The fourth-order valence-corrected chi connectivity index (χ4v) is 2.05. The quantitative estimate of drug-likeness (QED) is 0.675. The summed E-state index contributed by atoms with van der Waals surface area (Å²) in [6, 6.07) is 2.97. The van der Waals surface area contributed by atoms with Crippen LogP contribution in [0.25, 0.3) is 0 Å². The van der Waals surface area contributed by atoms with Crippen LogP contribution in [0, 0.1) is 17.0 Å². The van der Waals surface area contributed by atoms with Crippen LogP contribution >= 0.6 is 15.9 Å². The predicted molar refractivity (Wildman–Crippen MR) is 81.4 cm³/mol. The number of amides is 1. The van der Waals surface area contributed by atoms with E-state index in [-0.39, 0.29) is 11.4 Å². The zero-order valence-corrected chi connectivity index (χ0v) is 13.0. The second-order valence-electron chi connectivity index (χ2n) is 4.40. The first-order valence-electron chi connectivity index (χ1n) is 6.20. The van der Waals surface area contributed by atoms with Gasteiger partial charge in [0.05, 0.1) is 11.1 Å². The van der Waals surface area contributed by atoms with Gasteiger partial charge in [-0.25, -0.2) is 4.98 Å². The van der Waals surface area contributed by atoms with Crippen LogP contribution in [0.15, 0.2) is 29.0 Å². The summed E-state index contributed by atoms with van der Waals surface area (Å²) in [4.78, 5) is 26.6. The summed E-state index contributed by atoms with van der Waals surface area (Å²) < 4.78 is 2.37. The molecular weight excluding hydrogens is 340 g/mol. The van der Waals surface area contributed by atoms with Crippen LogP contribution in [0.2, 0.25) is 0 Å². The number of pyridine rings is 1. The molecule has 8 heteroatoms. The minimum atomic E-state index is -0.523. The Morgan fingerprint density at radius 3 is 2.81 bits per heavy atom. The van der Waals surface area contributed by atoms with E-state index >= 15 is 0 Å². The SMILES string of the molecule is CCn1cc([N+](=O)[O-])cc1C(=O)Nc1cc(C)c(Br)cn1. The van der Waals surface area contributed by atoms with Crippen LogP contribution in [0.1, 0.15) is 23.0 Å². The molecule has 7 nitrogen and oxygen atoms in total. The van der Waals surface area contributed by atoms with Gasteiger partial charge < -0.3 is 9.88 Å². The number of carbonyl (C=O) groups is 1. The Kier molecular flexibility index (Phi) is 4.37. The Balaban J connectivity index is 2.27. The van der Waals surface area contributed by atoms with Crippen molar-refractivity contribution in [3.63, 3.8) is 0 Å². The highest BCUT2D eigenvalue weighted by atomic mass is 79.9. The fraction of sp³-hybridized carbons (Fsp3) is 0.231. The van der Waals surface area contributed by atoms with E-state index in [4.69, 9.17) is 0 Å². The minimum Gasteiger partial charge on any atom is -0.337 e. The van der Waals surface area contributed by atoms with Gasteiger partial charge in [0.1, 0.15) is 11.5 Å². The molecule has 0 saturated carbocycles. The van der Waals surface area contributed by atoms with Gasteiger partial charge in [0.2, 0.25) is 0 Å². The molecule has 2 aromatic heterocycles. The third-order valence-electron chi connectivity index (χ3n) is 2.95. The lowest BCUT2D eigenvalue weighted by Crippen LogP contribution is -2.17. The first-order valence-corrected chi connectivity index (χ1v) is 6.99. The maximum atomic E-state index is 12.2. The molecule has 0 aromatic carbocycles. The monoisotopic (exact) mass is 352 g/mol. The zero-order chi connectivity index (χ0) is 15.6. The van der Waals surface area contributed by atoms with Crippen LogP contribution in [-0.4, -0.2) is 20.4 Å². The Labute approximate surface area is 129 Å². The molecule has 2 aromatic rings. The zero-order valence-electron chi connectivity index (χ0n) is 11.5. The van der Waals surface area contributed by atoms with Gasteiger partial charge in [0.15, 0.2) is 0 Å². The van der Waals surface area contributed by atoms with E-state index in [0.717, 1.165) is 10.0 Å². The van der Waals surface area contributed by atoms with Gasteiger partial charge in [-0.2, -0.15) is 0 Å². The standard InChI is InChI=1S/C13H13BrN4O3/c1-3-17-7-9(18(20)21)5-11(17)13(19)16-12-4-8(2)10(14)6-15-12/h4-7H,3H2,1-2H3,(H,15,16,19). The maximum Gasteiger partial charge on any atom is 0.287 e. The Hall–Kier alpha value is -2.22. The summed E-state index contributed by atoms with van der Waals surface area (Å²) in [5, 5.41) is 13.4. The molecular formula is C13H13BrN4O3. The van der Waals surface area contributed by atoms with E-state index in [1.165, 1.54) is 16.8 Å². The topological polar surface area (TPSA) is 90.1 Å². The number of anilines is 1. The molecule has 110 valence electrons. The van der Waals surface area contributed by atoms with Crippen LogP contribution < -0.4 is 5.32 Å². The lowest BCUT2D eigenvalue weighted by Gasteiger charge is -2.07. The predicted octanol–water partition coefficient (Wildman–Crippen LogP) is 3.13. The number of nitrogens with one attached hydrogen (secondary N) is 1. The van der Waals surface area contributed by atoms with E-state index in [0.29, 0.717) is 12.4 Å².